The van der Waals surface area contributed by atoms with E-state index in [0.29, 0.717) is 17.0 Å². The molecule has 2 aromatic carbocycles. The highest BCUT2D eigenvalue weighted by Gasteiger charge is 2.24. The van der Waals surface area contributed by atoms with Crippen LogP contribution in [0.1, 0.15) is 11.1 Å². The van der Waals surface area contributed by atoms with E-state index in [2.05, 4.69) is 10.4 Å². The minimum Gasteiger partial charge on any atom is -0.497 e. The van der Waals surface area contributed by atoms with Gasteiger partial charge in [-0.05, 0) is 35.9 Å². The molecule has 0 spiro atoms. The van der Waals surface area contributed by atoms with Crippen molar-refractivity contribution in [3.05, 3.63) is 66.0 Å². The number of hydrogen-bond donors (Lipinski definition) is 1. The SMILES string of the molecule is COc1ccc(CC(=O)Nc2ccc(-n3cc(C#N)cn3)c(S(=O)(=O)N(C)C)c2)cc1. The van der Waals surface area contributed by atoms with Crippen LogP contribution < -0.4 is 10.1 Å². The van der Waals surface area contributed by atoms with Crippen LogP contribution in [0.3, 0.4) is 0 Å². The summed E-state index contributed by atoms with van der Waals surface area (Å²) in [6, 6.07) is 13.6. The zero-order chi connectivity index (χ0) is 22.6. The molecule has 0 unspecified atom stereocenters. The van der Waals surface area contributed by atoms with E-state index in [4.69, 9.17) is 10.00 Å². The fraction of sp³-hybridized carbons (Fsp3) is 0.190. The number of amides is 1. The maximum absolute atomic E-state index is 12.9. The van der Waals surface area contributed by atoms with Crippen molar-refractivity contribution in [1.82, 2.24) is 14.1 Å². The molecule has 0 atom stereocenters. The number of carbonyl (C=O) groups excluding carboxylic acids is 1. The zero-order valence-corrected chi connectivity index (χ0v) is 18.0. The Morgan fingerprint density at radius 1 is 1.23 bits per heavy atom. The summed E-state index contributed by atoms with van der Waals surface area (Å²) in [7, 11) is 0.540. The monoisotopic (exact) mass is 439 g/mol. The molecule has 0 saturated heterocycles. The number of nitrogens with one attached hydrogen (secondary N) is 1. The lowest BCUT2D eigenvalue weighted by Gasteiger charge is -2.17. The first-order valence-electron chi connectivity index (χ1n) is 9.19. The third kappa shape index (κ3) is 4.91. The first kappa shape index (κ1) is 22.0. The summed E-state index contributed by atoms with van der Waals surface area (Å²) in [5, 5.41) is 15.8. The standard InChI is InChI=1S/C21H21N5O4S/c1-25(2)31(28,29)20-11-17(6-9-19(20)26-14-16(12-22)13-23-26)24-21(27)10-15-4-7-18(30-3)8-5-15/h4-9,11,13-14H,10H2,1-3H3,(H,24,27). The summed E-state index contributed by atoms with van der Waals surface area (Å²) in [6.07, 6.45) is 2.90. The molecular weight excluding hydrogens is 418 g/mol. The lowest BCUT2D eigenvalue weighted by atomic mass is 10.1. The first-order chi connectivity index (χ1) is 14.7. The number of benzene rings is 2. The highest BCUT2D eigenvalue weighted by Crippen LogP contribution is 2.26. The molecule has 1 N–H and O–H groups in total. The number of nitrogens with zero attached hydrogens (tertiary/aromatic N) is 4. The van der Waals surface area contributed by atoms with Crippen LogP contribution in [-0.2, 0) is 21.2 Å². The van der Waals surface area contributed by atoms with E-state index >= 15 is 0 Å². The van der Waals surface area contributed by atoms with Gasteiger partial charge in [-0.3, -0.25) is 4.79 Å². The topological polar surface area (TPSA) is 117 Å². The normalized spacial score (nSPS) is 11.2. The van der Waals surface area contributed by atoms with Crippen LogP contribution in [0.5, 0.6) is 5.75 Å². The van der Waals surface area contributed by atoms with Gasteiger partial charge >= 0.3 is 0 Å². The molecule has 0 aliphatic carbocycles. The van der Waals surface area contributed by atoms with E-state index in [1.807, 2.05) is 6.07 Å². The van der Waals surface area contributed by atoms with Gasteiger partial charge in [0.1, 0.15) is 16.7 Å². The van der Waals surface area contributed by atoms with Crippen molar-refractivity contribution in [3.8, 4) is 17.5 Å². The van der Waals surface area contributed by atoms with Gasteiger partial charge in [0.15, 0.2) is 0 Å². The smallest absolute Gasteiger partial charge is 0.244 e. The number of nitriles is 1. The van der Waals surface area contributed by atoms with Crippen molar-refractivity contribution in [2.75, 3.05) is 26.5 Å². The third-order valence-corrected chi connectivity index (χ3v) is 6.33. The number of aromatic nitrogens is 2. The van der Waals surface area contributed by atoms with Crippen molar-refractivity contribution in [2.45, 2.75) is 11.3 Å². The minimum absolute atomic E-state index is 0.0488. The fourth-order valence-electron chi connectivity index (χ4n) is 2.83. The Bertz CT molecular complexity index is 1240. The molecule has 0 radical (unpaired) electrons. The number of anilines is 1. The molecule has 10 heteroatoms. The van der Waals surface area contributed by atoms with Crippen molar-refractivity contribution < 1.29 is 17.9 Å². The Balaban J connectivity index is 1.91. The van der Waals surface area contributed by atoms with E-state index in [9.17, 15) is 13.2 Å². The van der Waals surface area contributed by atoms with Crippen LogP contribution in [0.4, 0.5) is 5.69 Å². The molecule has 0 bridgehead atoms. The van der Waals surface area contributed by atoms with Crippen molar-refractivity contribution in [2.24, 2.45) is 0 Å². The molecule has 160 valence electrons. The number of hydrogen-bond acceptors (Lipinski definition) is 6. The highest BCUT2D eigenvalue weighted by molar-refractivity contribution is 7.89. The van der Waals surface area contributed by atoms with Crippen LogP contribution in [0, 0.1) is 11.3 Å². The molecule has 1 heterocycles. The predicted octanol–water partition coefficient (Wildman–Crippen LogP) is 2.18. The highest BCUT2D eigenvalue weighted by atomic mass is 32.2. The zero-order valence-electron chi connectivity index (χ0n) is 17.2. The second-order valence-corrected chi connectivity index (χ2v) is 8.95. The van der Waals surface area contributed by atoms with Gasteiger partial charge < -0.3 is 10.1 Å². The van der Waals surface area contributed by atoms with Crippen LogP contribution in [0.2, 0.25) is 0 Å². The van der Waals surface area contributed by atoms with Gasteiger partial charge in [0.25, 0.3) is 0 Å². The minimum atomic E-state index is -3.85. The van der Waals surface area contributed by atoms with Crippen LogP contribution in [-0.4, -0.2) is 49.6 Å². The Kier molecular flexibility index (Phi) is 6.39. The summed E-state index contributed by atoms with van der Waals surface area (Å²) in [6.45, 7) is 0. The van der Waals surface area contributed by atoms with E-state index in [1.165, 1.54) is 43.3 Å². The molecule has 1 amide bonds. The summed E-state index contributed by atoms with van der Waals surface area (Å²) < 4.78 is 33.3. The van der Waals surface area contributed by atoms with Crippen molar-refractivity contribution >= 4 is 21.6 Å². The van der Waals surface area contributed by atoms with Gasteiger partial charge in [0, 0.05) is 26.0 Å². The average Bonchev–Trinajstić information content (AvgIpc) is 3.23. The summed E-state index contributed by atoms with van der Waals surface area (Å²) in [4.78, 5) is 12.4. The van der Waals surface area contributed by atoms with Gasteiger partial charge in [-0.1, -0.05) is 12.1 Å². The van der Waals surface area contributed by atoms with E-state index in [1.54, 1.807) is 37.4 Å². The second kappa shape index (κ2) is 8.99. The van der Waals surface area contributed by atoms with Gasteiger partial charge in [0.05, 0.1) is 31.0 Å². The molecule has 31 heavy (non-hydrogen) atoms. The lowest BCUT2D eigenvalue weighted by Crippen LogP contribution is -2.24. The van der Waals surface area contributed by atoms with Crippen molar-refractivity contribution in [1.29, 1.82) is 5.26 Å². The molecule has 0 aliphatic rings. The summed E-state index contributed by atoms with van der Waals surface area (Å²) in [5.74, 6) is 0.397. The van der Waals surface area contributed by atoms with Crippen molar-refractivity contribution in [3.63, 3.8) is 0 Å². The van der Waals surface area contributed by atoms with E-state index in [-0.39, 0.29) is 22.9 Å². The number of rotatable bonds is 7. The number of methoxy groups -OCH3 is 1. The lowest BCUT2D eigenvalue weighted by molar-refractivity contribution is -0.115. The van der Waals surface area contributed by atoms with Gasteiger partial charge in [0.2, 0.25) is 15.9 Å². The molecule has 0 aliphatic heterocycles. The maximum atomic E-state index is 12.9. The van der Waals surface area contributed by atoms with Crippen LogP contribution in [0.15, 0.2) is 59.8 Å². The van der Waals surface area contributed by atoms with Gasteiger partial charge in [-0.25, -0.2) is 17.4 Å². The van der Waals surface area contributed by atoms with Gasteiger partial charge in [-0.2, -0.15) is 10.4 Å². The molecule has 0 saturated carbocycles. The number of carbonyl (C=O) groups is 1. The Morgan fingerprint density at radius 3 is 2.52 bits per heavy atom. The number of sulfonamides is 1. The number of ether oxygens (including phenoxy) is 1. The second-order valence-electron chi connectivity index (χ2n) is 6.83. The predicted molar refractivity (Wildman–Crippen MR) is 114 cm³/mol. The summed E-state index contributed by atoms with van der Waals surface area (Å²) in [5.41, 5.74) is 1.68. The third-order valence-electron chi connectivity index (χ3n) is 4.48. The molecule has 3 aromatic rings. The largest absolute Gasteiger partial charge is 0.497 e. The fourth-order valence-corrected chi connectivity index (χ4v) is 3.93. The average molecular weight is 439 g/mol. The van der Waals surface area contributed by atoms with Crippen LogP contribution >= 0.6 is 0 Å². The Labute approximate surface area is 180 Å². The quantitative estimate of drug-likeness (QED) is 0.603. The van der Waals surface area contributed by atoms with E-state index < -0.39 is 10.0 Å². The Morgan fingerprint density at radius 2 is 1.94 bits per heavy atom. The molecule has 3 rings (SSSR count). The van der Waals surface area contributed by atoms with E-state index in [0.717, 1.165) is 9.87 Å². The first-order valence-corrected chi connectivity index (χ1v) is 10.6. The van der Waals surface area contributed by atoms with Gasteiger partial charge in [-0.15, -0.1) is 0 Å². The van der Waals surface area contributed by atoms with Crippen LogP contribution in [0.25, 0.3) is 5.69 Å². The summed E-state index contributed by atoms with van der Waals surface area (Å²) >= 11 is 0. The molecule has 1 aromatic heterocycles. The Hall–Kier alpha value is -3.68. The molecular formula is C21H21N5O4S. The maximum Gasteiger partial charge on any atom is 0.244 e. The molecule has 0 fully saturated rings. The molecule has 9 nitrogen and oxygen atoms in total.